The molecule has 0 unspecified atom stereocenters. The van der Waals surface area contributed by atoms with Crippen LogP contribution in [0.4, 0.5) is 11.4 Å². The number of piperazine rings is 1. The molecular weight excluding hydrogens is 360 g/mol. The van der Waals surface area contributed by atoms with E-state index in [0.29, 0.717) is 18.8 Å². The maximum Gasteiger partial charge on any atom is 0.293 e. The molecule has 3 rings (SSSR count). The first kappa shape index (κ1) is 19.5. The van der Waals surface area contributed by atoms with Gasteiger partial charge in [-0.1, -0.05) is 42.5 Å². The predicted molar refractivity (Wildman–Crippen MR) is 106 cm³/mol. The second-order valence-corrected chi connectivity index (χ2v) is 6.50. The molecule has 2 N–H and O–H groups in total. The van der Waals surface area contributed by atoms with Gasteiger partial charge in [0, 0.05) is 44.4 Å². The Kier molecular flexibility index (Phi) is 6.36. The first-order chi connectivity index (χ1) is 13.6. The molecule has 1 amide bonds. The van der Waals surface area contributed by atoms with Crippen molar-refractivity contribution in [2.75, 3.05) is 37.6 Å². The number of hydroxylamine groups is 1. The van der Waals surface area contributed by atoms with Crippen LogP contribution in [0.3, 0.4) is 0 Å². The number of carbonyl (C=O) groups excluding carboxylic acids is 1. The number of hydrogen-bond acceptors (Lipinski definition) is 6. The Balaban J connectivity index is 1.62. The highest BCUT2D eigenvalue weighted by Crippen LogP contribution is 2.30. The molecule has 2 aromatic carbocycles. The van der Waals surface area contributed by atoms with Gasteiger partial charge < -0.3 is 4.90 Å². The quantitative estimate of drug-likeness (QED) is 0.453. The molecule has 1 heterocycles. The Morgan fingerprint density at radius 2 is 1.86 bits per heavy atom. The summed E-state index contributed by atoms with van der Waals surface area (Å²) in [6.45, 7) is 3.71. The molecule has 1 aliphatic heterocycles. The molecule has 1 saturated heterocycles. The minimum Gasteiger partial charge on any atom is -0.363 e. The van der Waals surface area contributed by atoms with Crippen LogP contribution in [-0.4, -0.2) is 53.7 Å². The van der Waals surface area contributed by atoms with E-state index in [1.807, 2.05) is 35.2 Å². The fourth-order valence-corrected chi connectivity index (χ4v) is 3.22. The second kappa shape index (κ2) is 9.12. The highest BCUT2D eigenvalue weighted by molar-refractivity contribution is 5.95. The zero-order valence-electron chi connectivity index (χ0n) is 15.3. The maximum atomic E-state index is 11.5. The number of nitro groups is 1. The van der Waals surface area contributed by atoms with Gasteiger partial charge in [-0.3, -0.25) is 25.0 Å². The Morgan fingerprint density at radius 1 is 1.14 bits per heavy atom. The van der Waals surface area contributed by atoms with Crippen molar-refractivity contribution < 1.29 is 14.9 Å². The molecular formula is C20H22N4O4. The topological polar surface area (TPSA) is 99.0 Å². The molecule has 1 fully saturated rings. The monoisotopic (exact) mass is 382 g/mol. The van der Waals surface area contributed by atoms with Gasteiger partial charge in [0.15, 0.2) is 0 Å². The van der Waals surface area contributed by atoms with Gasteiger partial charge in [-0.25, -0.2) is 5.48 Å². The zero-order chi connectivity index (χ0) is 19.9. The van der Waals surface area contributed by atoms with E-state index in [1.54, 1.807) is 6.07 Å². The summed E-state index contributed by atoms with van der Waals surface area (Å²) in [7, 11) is 0. The van der Waals surface area contributed by atoms with E-state index in [1.165, 1.54) is 17.6 Å². The third kappa shape index (κ3) is 4.73. The Morgan fingerprint density at radius 3 is 2.50 bits per heavy atom. The van der Waals surface area contributed by atoms with Crippen molar-refractivity contribution >= 4 is 23.4 Å². The molecule has 0 atom stereocenters. The van der Waals surface area contributed by atoms with Crippen LogP contribution in [0.15, 0.2) is 54.6 Å². The van der Waals surface area contributed by atoms with Crippen molar-refractivity contribution in [3.8, 4) is 0 Å². The standard InChI is InChI=1S/C20H22N4O4/c25-20(21-26)17-8-9-18(19(15-17)24(27)28)23-13-11-22(12-14-23)10-4-7-16-5-2-1-3-6-16/h1-9,15,26H,10-14H2,(H,21,25)/b7-4+. The van der Waals surface area contributed by atoms with Crippen LogP contribution in [0, 0.1) is 10.1 Å². The van der Waals surface area contributed by atoms with E-state index in [2.05, 4.69) is 17.1 Å². The lowest BCUT2D eigenvalue weighted by Gasteiger charge is -2.35. The van der Waals surface area contributed by atoms with Crippen LogP contribution in [0.1, 0.15) is 15.9 Å². The zero-order valence-corrected chi connectivity index (χ0v) is 15.3. The van der Waals surface area contributed by atoms with E-state index >= 15 is 0 Å². The van der Waals surface area contributed by atoms with Crippen molar-refractivity contribution in [3.63, 3.8) is 0 Å². The van der Waals surface area contributed by atoms with Crippen LogP contribution >= 0.6 is 0 Å². The second-order valence-electron chi connectivity index (χ2n) is 6.50. The van der Waals surface area contributed by atoms with Crippen molar-refractivity contribution in [2.45, 2.75) is 0 Å². The Bertz CT molecular complexity index is 862. The average molecular weight is 382 g/mol. The van der Waals surface area contributed by atoms with Crippen molar-refractivity contribution in [1.29, 1.82) is 0 Å². The van der Waals surface area contributed by atoms with Crippen LogP contribution in [0.5, 0.6) is 0 Å². The van der Waals surface area contributed by atoms with Crippen LogP contribution < -0.4 is 10.4 Å². The molecule has 2 aromatic rings. The van der Waals surface area contributed by atoms with Crippen molar-refractivity contribution in [2.24, 2.45) is 0 Å². The Hall–Kier alpha value is -3.23. The summed E-state index contributed by atoms with van der Waals surface area (Å²) in [6.07, 6.45) is 4.21. The summed E-state index contributed by atoms with van der Waals surface area (Å²) in [4.78, 5) is 26.7. The minimum atomic E-state index is -0.773. The number of hydrogen-bond donors (Lipinski definition) is 2. The summed E-state index contributed by atoms with van der Waals surface area (Å²) < 4.78 is 0. The fraction of sp³-hybridized carbons (Fsp3) is 0.250. The van der Waals surface area contributed by atoms with Gasteiger partial charge in [0.2, 0.25) is 0 Å². The van der Waals surface area contributed by atoms with Crippen molar-refractivity contribution in [1.82, 2.24) is 10.4 Å². The number of carbonyl (C=O) groups is 1. The molecule has 0 aliphatic carbocycles. The van der Waals surface area contributed by atoms with E-state index in [4.69, 9.17) is 5.21 Å². The molecule has 0 aromatic heterocycles. The highest BCUT2D eigenvalue weighted by atomic mass is 16.6. The lowest BCUT2D eigenvalue weighted by Crippen LogP contribution is -2.46. The smallest absolute Gasteiger partial charge is 0.293 e. The largest absolute Gasteiger partial charge is 0.363 e. The minimum absolute atomic E-state index is 0.0441. The van der Waals surface area contributed by atoms with Gasteiger partial charge in [-0.15, -0.1) is 0 Å². The first-order valence-electron chi connectivity index (χ1n) is 9.00. The van der Waals surface area contributed by atoms with Crippen molar-refractivity contribution in [3.05, 3.63) is 75.8 Å². The number of nitro benzene ring substituents is 1. The van der Waals surface area contributed by atoms with E-state index < -0.39 is 10.8 Å². The number of benzene rings is 2. The number of amides is 1. The highest BCUT2D eigenvalue weighted by Gasteiger charge is 2.24. The lowest BCUT2D eigenvalue weighted by atomic mass is 10.1. The fourth-order valence-electron chi connectivity index (χ4n) is 3.22. The first-order valence-corrected chi connectivity index (χ1v) is 9.00. The van der Waals surface area contributed by atoms with Gasteiger partial charge >= 0.3 is 0 Å². The van der Waals surface area contributed by atoms with Crippen LogP contribution in [0.25, 0.3) is 6.08 Å². The average Bonchev–Trinajstić information content (AvgIpc) is 2.74. The molecule has 146 valence electrons. The number of rotatable bonds is 6. The van der Waals surface area contributed by atoms with Gasteiger partial charge in [0.1, 0.15) is 5.69 Å². The van der Waals surface area contributed by atoms with Gasteiger partial charge in [0.05, 0.1) is 4.92 Å². The number of anilines is 1. The van der Waals surface area contributed by atoms with Gasteiger partial charge in [-0.05, 0) is 17.7 Å². The lowest BCUT2D eigenvalue weighted by molar-refractivity contribution is -0.384. The molecule has 1 aliphatic rings. The third-order valence-corrected chi connectivity index (χ3v) is 4.72. The molecule has 0 saturated carbocycles. The predicted octanol–water partition coefficient (Wildman–Crippen LogP) is 2.55. The number of nitrogens with zero attached hydrogens (tertiary/aromatic N) is 3. The molecule has 8 heteroatoms. The molecule has 0 bridgehead atoms. The summed E-state index contributed by atoms with van der Waals surface area (Å²) in [5.41, 5.74) is 3.04. The summed E-state index contributed by atoms with van der Waals surface area (Å²) >= 11 is 0. The molecule has 28 heavy (non-hydrogen) atoms. The molecule has 0 radical (unpaired) electrons. The van der Waals surface area contributed by atoms with Crippen LogP contribution in [0.2, 0.25) is 0 Å². The van der Waals surface area contributed by atoms with Gasteiger partial charge in [0.25, 0.3) is 11.6 Å². The third-order valence-electron chi connectivity index (χ3n) is 4.72. The van der Waals surface area contributed by atoms with E-state index in [-0.39, 0.29) is 11.3 Å². The maximum absolute atomic E-state index is 11.5. The van der Waals surface area contributed by atoms with E-state index in [9.17, 15) is 14.9 Å². The molecule has 0 spiro atoms. The van der Waals surface area contributed by atoms with E-state index in [0.717, 1.165) is 25.2 Å². The van der Waals surface area contributed by atoms with Gasteiger partial charge in [-0.2, -0.15) is 0 Å². The SMILES string of the molecule is O=C(NO)c1ccc(N2CCN(C/C=C/c3ccccc3)CC2)c([N+](=O)[O-])c1. The summed E-state index contributed by atoms with van der Waals surface area (Å²) in [5.74, 6) is -0.773. The molecule has 8 nitrogen and oxygen atoms in total. The normalized spacial score (nSPS) is 15.0. The van der Waals surface area contributed by atoms with Crippen LogP contribution in [-0.2, 0) is 0 Å². The Labute approximate surface area is 162 Å². The summed E-state index contributed by atoms with van der Waals surface area (Å²) in [6, 6.07) is 14.3. The number of nitrogens with one attached hydrogen (secondary N) is 1. The summed E-state index contributed by atoms with van der Waals surface area (Å²) in [5, 5.41) is 20.2.